The van der Waals surface area contributed by atoms with Crippen molar-refractivity contribution >= 4 is 0 Å². The van der Waals surface area contributed by atoms with Crippen LogP contribution in [-0.4, -0.2) is 4.98 Å². The summed E-state index contributed by atoms with van der Waals surface area (Å²) in [5.74, 6) is 0.794. The number of hydrogen-bond acceptors (Lipinski definition) is 2. The fourth-order valence-electron chi connectivity index (χ4n) is 2.09. The van der Waals surface area contributed by atoms with Gasteiger partial charge in [0.15, 0.2) is 0 Å². The van der Waals surface area contributed by atoms with E-state index in [-0.39, 0.29) is 5.75 Å². The molecule has 1 aliphatic rings. The second-order valence-corrected chi connectivity index (χ2v) is 4.38. The summed E-state index contributed by atoms with van der Waals surface area (Å²) in [5.41, 5.74) is 0.754. The Bertz CT molecular complexity index is 622. The average molecular weight is 265 g/mol. The number of aromatic nitrogens is 1. The third-order valence-corrected chi connectivity index (χ3v) is 3.08. The lowest BCUT2D eigenvalue weighted by Crippen LogP contribution is -2.07. The zero-order valence-electron chi connectivity index (χ0n) is 9.87. The number of halogens is 3. The second kappa shape index (κ2) is 4.26. The molecule has 1 aromatic carbocycles. The molecule has 0 spiro atoms. The molecule has 0 bridgehead atoms. The van der Waals surface area contributed by atoms with Crippen molar-refractivity contribution in [1.29, 1.82) is 0 Å². The number of ether oxygens (including phenoxy) is 1. The van der Waals surface area contributed by atoms with Crippen molar-refractivity contribution in [1.82, 2.24) is 4.98 Å². The predicted octanol–water partition coefficient (Wildman–Crippen LogP) is 3.99. The van der Waals surface area contributed by atoms with E-state index >= 15 is 0 Å². The summed E-state index contributed by atoms with van der Waals surface area (Å²) in [4.78, 5) is 3.88. The lowest BCUT2D eigenvalue weighted by Gasteiger charge is -2.11. The van der Waals surface area contributed by atoms with Gasteiger partial charge in [0.2, 0.25) is 0 Å². The molecule has 0 fully saturated rings. The van der Waals surface area contributed by atoms with Crippen LogP contribution >= 0.6 is 0 Å². The zero-order valence-corrected chi connectivity index (χ0v) is 9.87. The molecule has 2 nitrogen and oxygen atoms in total. The number of aryl methyl sites for hydroxylation is 2. The molecule has 2 heterocycles. The number of hydrogen-bond donors (Lipinski definition) is 0. The van der Waals surface area contributed by atoms with E-state index in [4.69, 9.17) is 4.74 Å². The Hall–Kier alpha value is -2.04. The van der Waals surface area contributed by atoms with Gasteiger partial charge in [-0.15, -0.1) is 0 Å². The maximum absolute atomic E-state index is 12.7. The van der Waals surface area contributed by atoms with Crippen molar-refractivity contribution in [2.75, 3.05) is 0 Å². The Morgan fingerprint density at radius 2 is 1.84 bits per heavy atom. The molecule has 0 atom stereocenters. The minimum absolute atomic E-state index is 0.194. The summed E-state index contributed by atoms with van der Waals surface area (Å²) < 4.78 is 43.6. The lowest BCUT2D eigenvalue weighted by molar-refractivity contribution is -0.137. The minimum atomic E-state index is -4.41. The number of rotatable bonds is 0. The fraction of sp³-hybridized carbons (Fsp3) is 0.214. The zero-order chi connectivity index (χ0) is 13.5. The number of nitrogens with zero attached hydrogens (tertiary/aromatic N) is 1. The molecule has 5 heteroatoms. The van der Waals surface area contributed by atoms with Crippen molar-refractivity contribution in [3.05, 3.63) is 53.3 Å². The molecule has 0 N–H and O–H groups in total. The van der Waals surface area contributed by atoms with Crippen LogP contribution in [0.1, 0.15) is 16.8 Å². The first-order chi connectivity index (χ1) is 9.04. The molecular weight excluding hydrogens is 255 g/mol. The first-order valence-electron chi connectivity index (χ1n) is 5.86. The molecule has 1 aromatic heterocycles. The van der Waals surface area contributed by atoms with Gasteiger partial charge in [-0.3, -0.25) is 4.98 Å². The summed E-state index contributed by atoms with van der Waals surface area (Å²) in [5, 5.41) is 0. The van der Waals surface area contributed by atoms with Crippen molar-refractivity contribution in [2.24, 2.45) is 0 Å². The van der Waals surface area contributed by atoms with Crippen LogP contribution in [0.15, 0.2) is 36.5 Å². The summed E-state index contributed by atoms with van der Waals surface area (Å²) in [7, 11) is 0. The number of benzene rings is 1. The van der Waals surface area contributed by atoms with E-state index in [0.717, 1.165) is 17.8 Å². The van der Waals surface area contributed by atoms with Gasteiger partial charge in [-0.25, -0.2) is 0 Å². The van der Waals surface area contributed by atoms with Gasteiger partial charge in [-0.1, -0.05) is 18.2 Å². The highest BCUT2D eigenvalue weighted by Crippen LogP contribution is 2.36. The molecule has 0 saturated heterocycles. The highest BCUT2D eigenvalue weighted by Gasteiger charge is 2.32. The van der Waals surface area contributed by atoms with Gasteiger partial charge in [0, 0.05) is 6.20 Å². The van der Waals surface area contributed by atoms with Crippen molar-refractivity contribution < 1.29 is 17.9 Å². The molecule has 0 amide bonds. The molecule has 0 radical (unpaired) electrons. The maximum Gasteiger partial charge on any atom is 0.418 e. The Labute approximate surface area is 107 Å². The quantitative estimate of drug-likeness (QED) is 0.718. The number of para-hydroxylation sites is 1. The summed E-state index contributed by atoms with van der Waals surface area (Å²) in [6.45, 7) is 0. The van der Waals surface area contributed by atoms with E-state index < -0.39 is 11.7 Å². The molecule has 0 saturated carbocycles. The number of fused-ring (bicyclic) bond motifs is 2. The van der Waals surface area contributed by atoms with Crippen LogP contribution in [0.3, 0.4) is 0 Å². The van der Waals surface area contributed by atoms with Crippen LogP contribution in [0.2, 0.25) is 0 Å². The Kier molecular flexibility index (Phi) is 2.69. The SMILES string of the molecule is FC(F)(F)c1cnc2c(c1)Oc1ccccc1CC2. The van der Waals surface area contributed by atoms with Gasteiger partial charge in [0.1, 0.15) is 11.5 Å². The van der Waals surface area contributed by atoms with E-state index in [2.05, 4.69) is 4.98 Å². The number of pyridine rings is 1. The monoisotopic (exact) mass is 265 g/mol. The normalized spacial score (nSPS) is 14.1. The molecule has 98 valence electrons. The average Bonchev–Trinajstić information content (AvgIpc) is 2.55. The predicted molar refractivity (Wildman–Crippen MR) is 63.2 cm³/mol. The van der Waals surface area contributed by atoms with Crippen LogP contribution < -0.4 is 4.74 Å². The summed E-state index contributed by atoms with van der Waals surface area (Å²) in [6.07, 6.45) is -2.26. The van der Waals surface area contributed by atoms with Crippen LogP contribution in [-0.2, 0) is 19.0 Å². The number of alkyl halides is 3. The third kappa shape index (κ3) is 2.28. The first-order valence-corrected chi connectivity index (χ1v) is 5.86. The smallest absolute Gasteiger partial charge is 0.418 e. The minimum Gasteiger partial charge on any atom is -0.455 e. The fourth-order valence-corrected chi connectivity index (χ4v) is 2.09. The molecule has 2 aromatic rings. The largest absolute Gasteiger partial charge is 0.455 e. The Balaban J connectivity index is 2.05. The van der Waals surface area contributed by atoms with Gasteiger partial charge < -0.3 is 4.74 Å². The van der Waals surface area contributed by atoms with Gasteiger partial charge >= 0.3 is 6.18 Å². The van der Waals surface area contributed by atoms with Gasteiger partial charge in [-0.05, 0) is 30.5 Å². The molecule has 0 unspecified atom stereocenters. The topological polar surface area (TPSA) is 22.1 Å². The van der Waals surface area contributed by atoms with Crippen LogP contribution in [0.25, 0.3) is 0 Å². The van der Waals surface area contributed by atoms with Crippen LogP contribution in [0.4, 0.5) is 13.2 Å². The van der Waals surface area contributed by atoms with E-state index in [0.29, 0.717) is 24.3 Å². The second-order valence-electron chi connectivity index (χ2n) is 4.38. The molecular formula is C14H10F3NO. The van der Waals surface area contributed by atoms with E-state index in [1.165, 1.54) is 0 Å². The summed E-state index contributed by atoms with van der Waals surface area (Å²) >= 11 is 0. The highest BCUT2D eigenvalue weighted by atomic mass is 19.4. The molecule has 19 heavy (non-hydrogen) atoms. The van der Waals surface area contributed by atoms with E-state index in [9.17, 15) is 13.2 Å². The third-order valence-electron chi connectivity index (χ3n) is 3.08. The lowest BCUT2D eigenvalue weighted by atomic mass is 10.1. The van der Waals surface area contributed by atoms with Crippen LogP contribution in [0.5, 0.6) is 11.5 Å². The maximum atomic E-state index is 12.7. The summed E-state index contributed by atoms with van der Waals surface area (Å²) in [6, 6.07) is 8.36. The van der Waals surface area contributed by atoms with E-state index in [1.54, 1.807) is 12.1 Å². The Morgan fingerprint density at radius 3 is 2.63 bits per heavy atom. The highest BCUT2D eigenvalue weighted by molar-refractivity contribution is 5.44. The first kappa shape index (κ1) is 12.0. The standard InChI is InChI=1S/C14H10F3NO/c15-14(16,17)10-7-13-11(18-8-10)6-5-9-3-1-2-4-12(9)19-13/h1-4,7-8H,5-6H2. The van der Waals surface area contributed by atoms with Crippen molar-refractivity contribution in [3.8, 4) is 11.5 Å². The van der Waals surface area contributed by atoms with Crippen molar-refractivity contribution in [2.45, 2.75) is 19.0 Å². The van der Waals surface area contributed by atoms with E-state index in [1.807, 2.05) is 12.1 Å². The Morgan fingerprint density at radius 1 is 1.05 bits per heavy atom. The van der Waals surface area contributed by atoms with Crippen molar-refractivity contribution in [3.63, 3.8) is 0 Å². The van der Waals surface area contributed by atoms with Gasteiger partial charge in [0.25, 0.3) is 0 Å². The molecule has 0 aliphatic carbocycles. The van der Waals surface area contributed by atoms with Gasteiger partial charge in [0.05, 0.1) is 11.3 Å². The molecule has 3 rings (SSSR count). The van der Waals surface area contributed by atoms with Crippen LogP contribution in [0, 0.1) is 0 Å². The molecule has 1 aliphatic heterocycles. The van der Waals surface area contributed by atoms with Gasteiger partial charge in [-0.2, -0.15) is 13.2 Å².